The van der Waals surface area contributed by atoms with Crippen molar-refractivity contribution >= 4 is 11.6 Å². The zero-order chi connectivity index (χ0) is 13.8. The van der Waals surface area contributed by atoms with Crippen LogP contribution in [0.3, 0.4) is 0 Å². The first-order valence-electron chi connectivity index (χ1n) is 5.57. The van der Waals surface area contributed by atoms with Gasteiger partial charge in [-0.15, -0.1) is 0 Å². The number of carboxylic acid groups (broad SMARTS) is 1. The zero-order valence-corrected chi connectivity index (χ0v) is 9.48. The minimum Gasteiger partial charge on any atom is -0.477 e. The van der Waals surface area contributed by atoms with Crippen molar-refractivity contribution in [2.75, 3.05) is 0 Å². The predicted molar refractivity (Wildman–Crippen MR) is 56.9 cm³/mol. The molecule has 0 bridgehead atoms. The third kappa shape index (κ3) is 2.02. The Morgan fingerprint density at radius 3 is 2.58 bits per heavy atom. The van der Waals surface area contributed by atoms with E-state index in [1.807, 2.05) is 0 Å². The molecule has 2 aromatic heterocycles. The van der Waals surface area contributed by atoms with Crippen molar-refractivity contribution in [2.24, 2.45) is 0 Å². The molecule has 0 saturated heterocycles. The number of alkyl halides is 3. The fourth-order valence-corrected chi connectivity index (χ4v) is 1.88. The first-order chi connectivity index (χ1) is 8.86. The molecule has 1 aliphatic rings. The van der Waals surface area contributed by atoms with Crippen LogP contribution in [0.2, 0.25) is 0 Å². The summed E-state index contributed by atoms with van der Waals surface area (Å²) in [5.41, 5.74) is -1.32. The summed E-state index contributed by atoms with van der Waals surface area (Å²) in [7, 11) is 0. The van der Waals surface area contributed by atoms with E-state index in [-0.39, 0.29) is 11.6 Å². The lowest BCUT2D eigenvalue weighted by atomic mass is 10.3. The lowest BCUT2D eigenvalue weighted by molar-refractivity contribution is -0.142. The second-order valence-electron chi connectivity index (χ2n) is 4.44. The van der Waals surface area contributed by atoms with Gasteiger partial charge >= 0.3 is 12.1 Å². The van der Waals surface area contributed by atoms with Crippen LogP contribution in [-0.4, -0.2) is 25.7 Å². The van der Waals surface area contributed by atoms with Crippen molar-refractivity contribution in [1.29, 1.82) is 0 Å². The summed E-state index contributed by atoms with van der Waals surface area (Å²) in [6.07, 6.45) is -2.91. The number of fused-ring (bicyclic) bond motifs is 1. The summed E-state index contributed by atoms with van der Waals surface area (Å²) >= 11 is 0. The lowest BCUT2D eigenvalue weighted by Gasteiger charge is -2.09. The molecule has 0 amide bonds. The molecule has 3 rings (SSSR count). The summed E-state index contributed by atoms with van der Waals surface area (Å²) in [6, 6.07) is 1.92. The number of carbonyl (C=O) groups is 1. The van der Waals surface area contributed by atoms with E-state index in [0.29, 0.717) is 16.3 Å². The van der Waals surface area contributed by atoms with Crippen molar-refractivity contribution in [2.45, 2.75) is 24.9 Å². The van der Waals surface area contributed by atoms with Crippen LogP contribution >= 0.6 is 0 Å². The maximum Gasteiger partial charge on any atom is 0.433 e. The Labute approximate surface area is 104 Å². The second-order valence-corrected chi connectivity index (χ2v) is 4.44. The van der Waals surface area contributed by atoms with E-state index in [2.05, 4.69) is 10.1 Å². The van der Waals surface area contributed by atoms with Gasteiger partial charge in [-0.3, -0.25) is 0 Å². The molecule has 19 heavy (non-hydrogen) atoms. The van der Waals surface area contributed by atoms with Crippen LogP contribution in [0.1, 0.15) is 40.6 Å². The lowest BCUT2D eigenvalue weighted by Crippen LogP contribution is -2.16. The van der Waals surface area contributed by atoms with Crippen LogP contribution < -0.4 is 0 Å². The van der Waals surface area contributed by atoms with Crippen LogP contribution in [0.25, 0.3) is 5.65 Å². The highest BCUT2D eigenvalue weighted by Gasteiger charge is 2.36. The Bertz CT molecular complexity index is 674. The highest BCUT2D eigenvalue weighted by molar-refractivity contribution is 5.86. The van der Waals surface area contributed by atoms with Gasteiger partial charge in [-0.25, -0.2) is 14.3 Å². The van der Waals surface area contributed by atoms with Gasteiger partial charge in [0.25, 0.3) is 0 Å². The molecule has 0 aliphatic heterocycles. The van der Waals surface area contributed by atoms with E-state index in [0.717, 1.165) is 12.8 Å². The van der Waals surface area contributed by atoms with Gasteiger partial charge in [0.15, 0.2) is 17.0 Å². The Morgan fingerprint density at radius 2 is 2.05 bits per heavy atom. The number of hydrogen-bond acceptors (Lipinski definition) is 3. The van der Waals surface area contributed by atoms with Crippen molar-refractivity contribution in [3.63, 3.8) is 0 Å². The van der Waals surface area contributed by atoms with Crippen molar-refractivity contribution in [1.82, 2.24) is 14.6 Å². The molecule has 0 spiro atoms. The monoisotopic (exact) mass is 271 g/mol. The van der Waals surface area contributed by atoms with Crippen LogP contribution in [0.4, 0.5) is 13.2 Å². The van der Waals surface area contributed by atoms with Gasteiger partial charge in [0.2, 0.25) is 0 Å². The van der Waals surface area contributed by atoms with Gasteiger partial charge < -0.3 is 5.11 Å². The molecule has 1 aliphatic carbocycles. The first-order valence-corrected chi connectivity index (χ1v) is 5.57. The van der Waals surface area contributed by atoms with Crippen molar-refractivity contribution < 1.29 is 23.1 Å². The third-order valence-electron chi connectivity index (χ3n) is 2.95. The summed E-state index contributed by atoms with van der Waals surface area (Å²) < 4.78 is 39.4. The van der Waals surface area contributed by atoms with Gasteiger partial charge in [0, 0.05) is 18.1 Å². The van der Waals surface area contributed by atoms with Crippen LogP contribution in [-0.2, 0) is 6.18 Å². The SMILES string of the molecule is O=C(O)c1cc(C(F)(F)F)n2nc(C3CC3)cc2n1. The molecule has 5 nitrogen and oxygen atoms in total. The minimum absolute atomic E-state index is 0.0888. The maximum absolute atomic E-state index is 12.9. The predicted octanol–water partition coefficient (Wildman–Crippen LogP) is 2.32. The van der Waals surface area contributed by atoms with E-state index in [1.54, 1.807) is 0 Å². The standard InChI is InChI=1S/C11H8F3N3O2/c12-11(13,14)8-3-7(10(18)19)15-9-4-6(5-1-2-5)16-17(8)9/h3-5H,1-2H2,(H,18,19). The molecule has 2 aromatic rings. The summed E-state index contributed by atoms with van der Waals surface area (Å²) in [4.78, 5) is 14.5. The quantitative estimate of drug-likeness (QED) is 0.910. The number of nitrogens with zero attached hydrogens (tertiary/aromatic N) is 3. The Balaban J connectivity index is 2.27. The normalized spacial score (nSPS) is 15.9. The molecule has 100 valence electrons. The molecule has 1 saturated carbocycles. The number of halogens is 3. The fourth-order valence-electron chi connectivity index (χ4n) is 1.88. The van der Waals surface area contributed by atoms with E-state index < -0.39 is 23.5 Å². The number of carboxylic acids is 1. The molecule has 0 radical (unpaired) electrons. The van der Waals surface area contributed by atoms with Crippen LogP contribution in [0.5, 0.6) is 0 Å². The number of aromatic nitrogens is 3. The molecule has 8 heteroatoms. The van der Waals surface area contributed by atoms with Crippen LogP contribution in [0, 0.1) is 0 Å². The molecule has 1 fully saturated rings. The minimum atomic E-state index is -4.68. The Morgan fingerprint density at radius 1 is 1.37 bits per heavy atom. The second kappa shape index (κ2) is 3.69. The van der Waals surface area contributed by atoms with Crippen LogP contribution in [0.15, 0.2) is 12.1 Å². The molecule has 1 N–H and O–H groups in total. The maximum atomic E-state index is 12.9. The highest BCUT2D eigenvalue weighted by atomic mass is 19.4. The fraction of sp³-hybridized carbons (Fsp3) is 0.364. The highest BCUT2D eigenvalue weighted by Crippen LogP contribution is 2.40. The Hall–Kier alpha value is -2.12. The van der Waals surface area contributed by atoms with Crippen molar-refractivity contribution in [3.05, 3.63) is 29.2 Å². The summed E-state index contributed by atoms with van der Waals surface area (Å²) in [5, 5.41) is 12.7. The van der Waals surface area contributed by atoms with E-state index in [4.69, 9.17) is 5.11 Å². The van der Waals surface area contributed by atoms with Gasteiger partial charge in [-0.1, -0.05) is 0 Å². The summed E-state index contributed by atoms with van der Waals surface area (Å²) in [6.45, 7) is 0. The van der Waals surface area contributed by atoms with E-state index in [9.17, 15) is 18.0 Å². The van der Waals surface area contributed by atoms with Gasteiger partial charge in [0.1, 0.15) is 0 Å². The molecule has 2 heterocycles. The Kier molecular flexibility index (Phi) is 2.32. The average molecular weight is 271 g/mol. The first kappa shape index (κ1) is 11.9. The topological polar surface area (TPSA) is 67.5 Å². The molecule has 0 unspecified atom stereocenters. The zero-order valence-electron chi connectivity index (χ0n) is 9.48. The number of aromatic carboxylic acids is 1. The molecule has 0 aromatic carbocycles. The van der Waals surface area contributed by atoms with Gasteiger partial charge in [0.05, 0.1) is 5.69 Å². The molecular formula is C11H8F3N3O2. The smallest absolute Gasteiger partial charge is 0.433 e. The van der Waals surface area contributed by atoms with Gasteiger partial charge in [-0.05, 0) is 12.8 Å². The van der Waals surface area contributed by atoms with Gasteiger partial charge in [-0.2, -0.15) is 18.3 Å². The largest absolute Gasteiger partial charge is 0.477 e. The number of rotatable bonds is 2. The average Bonchev–Trinajstić information content (AvgIpc) is 3.06. The molecular weight excluding hydrogens is 263 g/mol. The third-order valence-corrected chi connectivity index (χ3v) is 2.95. The number of hydrogen-bond donors (Lipinski definition) is 1. The van der Waals surface area contributed by atoms with E-state index >= 15 is 0 Å². The summed E-state index contributed by atoms with van der Waals surface area (Å²) in [5.74, 6) is -1.33. The van der Waals surface area contributed by atoms with Crippen molar-refractivity contribution in [3.8, 4) is 0 Å². The van der Waals surface area contributed by atoms with E-state index in [1.165, 1.54) is 6.07 Å². The molecule has 0 atom stereocenters.